The molecule has 1 heterocycles. The van der Waals surface area contributed by atoms with E-state index >= 15 is 0 Å². The molecule has 1 aromatic carbocycles. The topological polar surface area (TPSA) is 23.6 Å². The molecule has 1 aliphatic heterocycles. The zero-order valence-electron chi connectivity index (χ0n) is 11.1. The predicted molar refractivity (Wildman–Crippen MR) is 73.8 cm³/mol. The van der Waals surface area contributed by atoms with Crippen LogP contribution in [-0.2, 0) is 11.2 Å². The van der Waals surface area contributed by atoms with Crippen LogP contribution in [0.4, 0.5) is 8.78 Å². The van der Waals surface area contributed by atoms with E-state index in [2.05, 4.69) is 4.90 Å². The van der Waals surface area contributed by atoms with Gasteiger partial charge in [-0.05, 0) is 11.6 Å². The lowest BCUT2D eigenvalue weighted by molar-refractivity contribution is -0.132. The van der Waals surface area contributed by atoms with Crippen LogP contribution in [-0.4, -0.2) is 54.3 Å². The van der Waals surface area contributed by atoms with Crippen molar-refractivity contribution in [1.82, 2.24) is 9.80 Å². The number of rotatable bonds is 4. The molecule has 1 saturated heterocycles. The summed E-state index contributed by atoms with van der Waals surface area (Å²) in [5, 5.41) is 0. The van der Waals surface area contributed by atoms with Gasteiger partial charge in [0, 0.05) is 44.7 Å². The lowest BCUT2D eigenvalue weighted by atomic mass is 10.1. The van der Waals surface area contributed by atoms with E-state index < -0.39 is 11.6 Å². The molecule has 1 amide bonds. The molecule has 0 unspecified atom stereocenters. The third-order valence-electron chi connectivity index (χ3n) is 3.48. The highest BCUT2D eigenvalue weighted by Crippen LogP contribution is 2.12. The molecule has 6 heteroatoms. The van der Waals surface area contributed by atoms with Crippen molar-refractivity contribution in [2.75, 3.05) is 38.6 Å². The molecule has 0 bridgehead atoms. The molecule has 20 heavy (non-hydrogen) atoms. The Balaban J connectivity index is 1.89. The average molecular weight is 303 g/mol. The number of piperazine rings is 1. The Bertz CT molecular complexity index is 476. The van der Waals surface area contributed by atoms with Crippen molar-refractivity contribution in [3.8, 4) is 0 Å². The average Bonchev–Trinajstić information content (AvgIpc) is 2.43. The highest BCUT2D eigenvalue weighted by Gasteiger charge is 2.21. The van der Waals surface area contributed by atoms with E-state index in [1.54, 1.807) is 4.90 Å². The molecule has 0 N–H and O–H groups in total. The van der Waals surface area contributed by atoms with E-state index in [0.717, 1.165) is 25.7 Å². The first-order chi connectivity index (χ1) is 9.60. The summed E-state index contributed by atoms with van der Waals surface area (Å²) in [6.07, 6.45) is -0.0262. The van der Waals surface area contributed by atoms with Crippen LogP contribution in [0.25, 0.3) is 0 Å². The third-order valence-corrected chi connectivity index (χ3v) is 3.65. The van der Waals surface area contributed by atoms with Crippen LogP contribution in [0.1, 0.15) is 5.56 Å². The molecule has 3 nitrogen and oxygen atoms in total. The van der Waals surface area contributed by atoms with Gasteiger partial charge in [0.15, 0.2) is 0 Å². The summed E-state index contributed by atoms with van der Waals surface area (Å²) in [5.41, 5.74) is 0.236. The van der Waals surface area contributed by atoms with Crippen molar-refractivity contribution in [3.63, 3.8) is 0 Å². The van der Waals surface area contributed by atoms with E-state index in [-0.39, 0.29) is 17.9 Å². The Labute approximate surface area is 122 Å². The Kier molecular flexibility index (Phi) is 5.31. The monoisotopic (exact) mass is 302 g/mol. The van der Waals surface area contributed by atoms with Gasteiger partial charge in [0.05, 0.1) is 6.42 Å². The largest absolute Gasteiger partial charge is 0.340 e. The van der Waals surface area contributed by atoms with E-state index in [0.29, 0.717) is 19.0 Å². The Morgan fingerprint density at radius 3 is 2.50 bits per heavy atom. The molecule has 1 aromatic rings. The van der Waals surface area contributed by atoms with Crippen molar-refractivity contribution in [3.05, 3.63) is 35.4 Å². The standard InChI is InChI=1S/C14H17ClF2N2O/c15-3-4-18-5-7-19(8-6-18)14(20)9-11-1-2-12(16)10-13(11)17/h1-2,10H,3-9H2. The molecule has 0 spiro atoms. The second-order valence-electron chi connectivity index (χ2n) is 4.82. The van der Waals surface area contributed by atoms with Gasteiger partial charge >= 0.3 is 0 Å². The predicted octanol–water partition coefficient (Wildman–Crippen LogP) is 1.89. The molecule has 0 saturated carbocycles. The summed E-state index contributed by atoms with van der Waals surface area (Å²) in [4.78, 5) is 16.0. The van der Waals surface area contributed by atoms with Gasteiger partial charge in [-0.2, -0.15) is 0 Å². The second kappa shape index (κ2) is 6.99. The lowest BCUT2D eigenvalue weighted by Gasteiger charge is -2.34. The van der Waals surface area contributed by atoms with Crippen molar-refractivity contribution >= 4 is 17.5 Å². The fourth-order valence-corrected chi connectivity index (χ4v) is 2.52. The van der Waals surface area contributed by atoms with Crippen LogP contribution >= 0.6 is 11.6 Å². The molecule has 0 atom stereocenters. The Morgan fingerprint density at radius 1 is 1.20 bits per heavy atom. The van der Waals surface area contributed by atoms with Gasteiger partial charge in [0.2, 0.25) is 5.91 Å². The maximum Gasteiger partial charge on any atom is 0.227 e. The number of alkyl halides is 1. The number of amides is 1. The summed E-state index contributed by atoms with van der Waals surface area (Å²) >= 11 is 5.68. The number of carbonyl (C=O) groups excluding carboxylic acids is 1. The quantitative estimate of drug-likeness (QED) is 0.793. The van der Waals surface area contributed by atoms with Gasteiger partial charge in [-0.3, -0.25) is 9.69 Å². The van der Waals surface area contributed by atoms with Crippen molar-refractivity contribution in [1.29, 1.82) is 0 Å². The minimum atomic E-state index is -0.667. The number of hydrogen-bond acceptors (Lipinski definition) is 2. The molecular formula is C14H17ClF2N2O. The van der Waals surface area contributed by atoms with Gasteiger partial charge in [-0.25, -0.2) is 8.78 Å². The fraction of sp³-hybridized carbons (Fsp3) is 0.500. The Morgan fingerprint density at radius 2 is 1.90 bits per heavy atom. The van der Waals surface area contributed by atoms with E-state index in [1.807, 2.05) is 0 Å². The normalized spacial score (nSPS) is 16.4. The second-order valence-corrected chi connectivity index (χ2v) is 5.20. The number of hydrogen-bond donors (Lipinski definition) is 0. The zero-order valence-corrected chi connectivity index (χ0v) is 11.9. The van der Waals surface area contributed by atoms with Gasteiger partial charge in [-0.15, -0.1) is 11.6 Å². The minimum absolute atomic E-state index is 0.0262. The van der Waals surface area contributed by atoms with Crippen LogP contribution in [0, 0.1) is 11.6 Å². The number of halogens is 3. The smallest absolute Gasteiger partial charge is 0.227 e. The zero-order chi connectivity index (χ0) is 14.5. The minimum Gasteiger partial charge on any atom is -0.340 e. The number of benzene rings is 1. The van der Waals surface area contributed by atoms with E-state index in [4.69, 9.17) is 11.6 Å². The fourth-order valence-electron chi connectivity index (χ4n) is 2.28. The number of nitrogens with zero attached hydrogens (tertiary/aromatic N) is 2. The molecular weight excluding hydrogens is 286 g/mol. The molecule has 0 aliphatic carbocycles. The van der Waals surface area contributed by atoms with Gasteiger partial charge in [0.1, 0.15) is 11.6 Å². The maximum atomic E-state index is 13.5. The highest BCUT2D eigenvalue weighted by atomic mass is 35.5. The molecule has 1 fully saturated rings. The van der Waals surface area contributed by atoms with Crippen molar-refractivity contribution in [2.45, 2.75) is 6.42 Å². The van der Waals surface area contributed by atoms with Gasteiger partial charge in [0.25, 0.3) is 0 Å². The summed E-state index contributed by atoms with van der Waals surface area (Å²) in [7, 11) is 0. The molecule has 0 aromatic heterocycles. The van der Waals surface area contributed by atoms with Crippen molar-refractivity contribution < 1.29 is 13.6 Å². The van der Waals surface area contributed by atoms with Crippen LogP contribution in [0.15, 0.2) is 18.2 Å². The van der Waals surface area contributed by atoms with Gasteiger partial charge in [-0.1, -0.05) is 6.07 Å². The summed E-state index contributed by atoms with van der Waals surface area (Å²) < 4.78 is 26.3. The van der Waals surface area contributed by atoms with Gasteiger partial charge < -0.3 is 4.90 Å². The van der Waals surface area contributed by atoms with Crippen LogP contribution in [0.2, 0.25) is 0 Å². The summed E-state index contributed by atoms with van der Waals surface area (Å²) in [5.74, 6) is -0.845. The third kappa shape index (κ3) is 3.90. The summed E-state index contributed by atoms with van der Waals surface area (Å²) in [6, 6.07) is 3.30. The molecule has 1 aliphatic rings. The SMILES string of the molecule is O=C(Cc1ccc(F)cc1F)N1CCN(CCCl)CC1. The van der Waals surface area contributed by atoms with Crippen molar-refractivity contribution in [2.24, 2.45) is 0 Å². The van der Waals surface area contributed by atoms with E-state index in [9.17, 15) is 13.6 Å². The first-order valence-corrected chi connectivity index (χ1v) is 7.13. The first-order valence-electron chi connectivity index (χ1n) is 6.60. The first kappa shape index (κ1) is 15.2. The summed E-state index contributed by atoms with van der Waals surface area (Å²) in [6.45, 7) is 3.63. The van der Waals surface area contributed by atoms with E-state index in [1.165, 1.54) is 12.1 Å². The Hall–Kier alpha value is -1.20. The lowest BCUT2D eigenvalue weighted by Crippen LogP contribution is -2.49. The number of carbonyl (C=O) groups is 1. The maximum absolute atomic E-state index is 13.5. The van der Waals surface area contributed by atoms with Crippen LogP contribution < -0.4 is 0 Å². The van der Waals surface area contributed by atoms with Crippen LogP contribution in [0.3, 0.4) is 0 Å². The molecule has 0 radical (unpaired) electrons. The van der Waals surface area contributed by atoms with Crippen LogP contribution in [0.5, 0.6) is 0 Å². The molecule has 2 rings (SSSR count). The highest BCUT2D eigenvalue weighted by molar-refractivity contribution is 6.18. The molecule has 110 valence electrons.